The average Bonchev–Trinajstić information content (AvgIpc) is 2.80. The van der Waals surface area contributed by atoms with E-state index in [9.17, 15) is 4.57 Å². The molecule has 4 rings (SSSR count). The highest BCUT2D eigenvalue weighted by atomic mass is 35.5. The molecular weight excluding hydrogens is 452 g/mol. The van der Waals surface area contributed by atoms with Crippen LogP contribution in [0.2, 0.25) is 10.0 Å². The summed E-state index contributed by atoms with van der Waals surface area (Å²) in [6.45, 7) is 0. The first-order valence-corrected chi connectivity index (χ1v) is 12.4. The van der Waals surface area contributed by atoms with Crippen LogP contribution in [-0.2, 0) is 9.09 Å². The molecule has 0 bridgehead atoms. The maximum Gasteiger partial charge on any atom is 0.461 e. The number of rotatable bonds is 6. The molecule has 0 heterocycles. The number of hydrogen-bond acceptors (Lipinski definition) is 3. The Bertz CT molecular complexity index is 1110. The zero-order valence-corrected chi connectivity index (χ0v) is 19.8. The lowest BCUT2D eigenvalue weighted by atomic mass is 9.77. The van der Waals surface area contributed by atoms with Gasteiger partial charge in [-0.3, -0.25) is 4.52 Å². The van der Waals surface area contributed by atoms with E-state index in [0.29, 0.717) is 15.8 Å². The Morgan fingerprint density at radius 1 is 0.903 bits per heavy atom. The van der Waals surface area contributed by atoms with Gasteiger partial charge < -0.3 is 4.52 Å². The second-order valence-electron chi connectivity index (χ2n) is 7.58. The van der Waals surface area contributed by atoms with E-state index < -0.39 is 7.75 Å². The number of hydrogen-bond donors (Lipinski definition) is 0. The van der Waals surface area contributed by atoms with Gasteiger partial charge in [0.25, 0.3) is 0 Å². The van der Waals surface area contributed by atoms with Gasteiger partial charge in [-0.25, -0.2) is 4.57 Å². The first-order chi connectivity index (χ1) is 14.9. The topological polar surface area (TPSA) is 38.8 Å². The van der Waals surface area contributed by atoms with Crippen LogP contribution >= 0.6 is 30.9 Å². The lowest BCUT2D eigenvalue weighted by Gasteiger charge is -2.38. The van der Waals surface area contributed by atoms with E-state index in [0.717, 1.165) is 24.0 Å². The molecular formula is C24H24Cl2NO3P. The van der Waals surface area contributed by atoms with Crippen LogP contribution in [0.15, 0.2) is 72.8 Å². The first kappa shape index (κ1) is 22.4. The van der Waals surface area contributed by atoms with Crippen LogP contribution in [-0.4, -0.2) is 18.8 Å². The minimum atomic E-state index is -3.55. The van der Waals surface area contributed by atoms with Gasteiger partial charge in [0, 0.05) is 19.1 Å². The molecule has 0 aliphatic heterocycles. The second kappa shape index (κ2) is 9.36. The first-order valence-electron chi connectivity index (χ1n) is 10.1. The van der Waals surface area contributed by atoms with Gasteiger partial charge >= 0.3 is 7.75 Å². The highest BCUT2D eigenvalue weighted by molar-refractivity contribution is 7.51. The van der Waals surface area contributed by atoms with E-state index in [1.54, 1.807) is 23.9 Å². The standard InChI is InChI=1S/C24H24Cl2NO3P/c1-27(31(28,29-2)30-18-8-4-3-5-9-18)24-15-13-19(20-10-6-7-11-21(20)24)17-12-14-22(25)23(26)16-17/h3-12,14,16,19,24H,13,15H2,1-2H3/t19-,24-,31?/m0/s1. The Balaban J connectivity index is 1.67. The monoisotopic (exact) mass is 475 g/mol. The van der Waals surface area contributed by atoms with Crippen molar-refractivity contribution in [3.05, 3.63) is 99.5 Å². The molecule has 3 aromatic carbocycles. The minimum Gasteiger partial charge on any atom is -0.413 e. The van der Waals surface area contributed by atoms with Gasteiger partial charge in [0.1, 0.15) is 5.75 Å². The fourth-order valence-corrected chi connectivity index (χ4v) is 5.98. The van der Waals surface area contributed by atoms with Crippen LogP contribution in [0.1, 0.15) is 41.5 Å². The summed E-state index contributed by atoms with van der Waals surface area (Å²) in [4.78, 5) is 0. The van der Waals surface area contributed by atoms with Gasteiger partial charge in [-0.2, -0.15) is 4.67 Å². The molecule has 0 N–H and O–H groups in total. The number of halogens is 2. The van der Waals surface area contributed by atoms with Crippen molar-refractivity contribution in [1.29, 1.82) is 0 Å². The van der Waals surface area contributed by atoms with Crippen LogP contribution in [0.5, 0.6) is 5.75 Å². The van der Waals surface area contributed by atoms with Crippen molar-refractivity contribution in [3.8, 4) is 5.75 Å². The average molecular weight is 476 g/mol. The van der Waals surface area contributed by atoms with Crippen molar-refractivity contribution < 1.29 is 13.6 Å². The van der Waals surface area contributed by atoms with Crippen molar-refractivity contribution in [1.82, 2.24) is 4.67 Å². The normalized spacial score (nSPS) is 20.2. The Morgan fingerprint density at radius 3 is 2.26 bits per heavy atom. The molecule has 0 amide bonds. The zero-order chi connectivity index (χ0) is 22.0. The fraction of sp³-hybridized carbons (Fsp3) is 0.250. The predicted octanol–water partition coefficient (Wildman–Crippen LogP) is 7.73. The third-order valence-electron chi connectivity index (χ3n) is 5.84. The van der Waals surface area contributed by atoms with Gasteiger partial charge in [0.05, 0.1) is 10.0 Å². The van der Waals surface area contributed by atoms with Gasteiger partial charge in [-0.05, 0) is 60.8 Å². The smallest absolute Gasteiger partial charge is 0.413 e. The van der Waals surface area contributed by atoms with Gasteiger partial charge in [0.15, 0.2) is 0 Å². The number of nitrogens with zero attached hydrogens (tertiary/aromatic N) is 1. The van der Waals surface area contributed by atoms with Crippen molar-refractivity contribution in [3.63, 3.8) is 0 Å². The number of para-hydroxylation sites is 1. The van der Waals surface area contributed by atoms with Crippen LogP contribution in [0.25, 0.3) is 0 Å². The number of fused-ring (bicyclic) bond motifs is 1. The van der Waals surface area contributed by atoms with Crippen molar-refractivity contribution in [2.75, 3.05) is 14.2 Å². The highest BCUT2D eigenvalue weighted by Crippen LogP contribution is 2.57. The Hall–Kier alpha value is -1.81. The predicted molar refractivity (Wildman–Crippen MR) is 126 cm³/mol. The van der Waals surface area contributed by atoms with E-state index >= 15 is 0 Å². The summed E-state index contributed by atoms with van der Waals surface area (Å²) in [6, 6.07) is 23.1. The molecule has 4 nitrogen and oxygen atoms in total. The third-order valence-corrected chi connectivity index (χ3v) is 8.53. The summed E-state index contributed by atoms with van der Waals surface area (Å²) in [5.41, 5.74) is 3.42. The van der Waals surface area contributed by atoms with Crippen molar-refractivity contribution in [2.45, 2.75) is 24.8 Å². The molecule has 1 unspecified atom stereocenters. The Morgan fingerprint density at radius 2 is 1.58 bits per heavy atom. The quantitative estimate of drug-likeness (QED) is 0.342. The largest absolute Gasteiger partial charge is 0.461 e. The molecule has 3 atom stereocenters. The highest BCUT2D eigenvalue weighted by Gasteiger charge is 2.40. The molecule has 3 aromatic rings. The fourth-order valence-electron chi connectivity index (χ4n) is 4.25. The van der Waals surface area contributed by atoms with Gasteiger partial charge in [0.2, 0.25) is 0 Å². The molecule has 0 saturated carbocycles. The van der Waals surface area contributed by atoms with Gasteiger partial charge in [-0.15, -0.1) is 0 Å². The molecule has 7 heteroatoms. The molecule has 0 radical (unpaired) electrons. The lowest BCUT2D eigenvalue weighted by molar-refractivity contribution is 0.218. The molecule has 0 spiro atoms. The Kier molecular flexibility index (Phi) is 6.76. The summed E-state index contributed by atoms with van der Waals surface area (Å²) >= 11 is 12.4. The van der Waals surface area contributed by atoms with Gasteiger partial charge in [-0.1, -0.05) is 71.7 Å². The molecule has 1 aliphatic rings. The molecule has 31 heavy (non-hydrogen) atoms. The summed E-state index contributed by atoms with van der Waals surface area (Å²) < 4.78 is 26.7. The van der Waals surface area contributed by atoms with Crippen LogP contribution < -0.4 is 4.52 Å². The molecule has 1 aliphatic carbocycles. The lowest BCUT2D eigenvalue weighted by Crippen LogP contribution is -2.29. The van der Waals surface area contributed by atoms with E-state index in [-0.39, 0.29) is 12.0 Å². The van der Waals surface area contributed by atoms with E-state index in [2.05, 4.69) is 12.1 Å². The van der Waals surface area contributed by atoms with Crippen molar-refractivity contribution >= 4 is 30.9 Å². The summed E-state index contributed by atoms with van der Waals surface area (Å²) in [7, 11) is -0.325. The molecule has 162 valence electrons. The van der Waals surface area contributed by atoms with Crippen LogP contribution in [0, 0.1) is 0 Å². The maximum absolute atomic E-state index is 13.6. The number of benzene rings is 3. The Labute approximate surface area is 193 Å². The molecule has 0 fully saturated rings. The van der Waals surface area contributed by atoms with E-state index in [1.165, 1.54) is 12.7 Å². The second-order valence-corrected chi connectivity index (χ2v) is 10.5. The minimum absolute atomic E-state index is 0.107. The maximum atomic E-state index is 13.6. The third kappa shape index (κ3) is 4.55. The van der Waals surface area contributed by atoms with Crippen LogP contribution in [0.4, 0.5) is 0 Å². The van der Waals surface area contributed by atoms with E-state index in [4.69, 9.17) is 32.2 Å². The summed E-state index contributed by atoms with van der Waals surface area (Å²) in [6.07, 6.45) is 1.67. The summed E-state index contributed by atoms with van der Waals surface area (Å²) in [5, 5.41) is 1.10. The van der Waals surface area contributed by atoms with Crippen LogP contribution in [0.3, 0.4) is 0 Å². The SMILES string of the molecule is COP(=O)(Oc1ccccc1)N(C)[C@H]1CC[C@@H](c2ccc(Cl)c(Cl)c2)c2ccccc21. The van der Waals surface area contributed by atoms with E-state index in [1.807, 2.05) is 48.5 Å². The zero-order valence-electron chi connectivity index (χ0n) is 17.4. The molecule has 0 saturated heterocycles. The van der Waals surface area contributed by atoms with Crippen molar-refractivity contribution in [2.24, 2.45) is 0 Å². The molecule has 0 aromatic heterocycles. The summed E-state index contributed by atoms with van der Waals surface area (Å²) in [5.74, 6) is 0.699.